The molecule has 1 unspecified atom stereocenters. The van der Waals surface area contributed by atoms with Gasteiger partial charge in [-0.1, -0.05) is 19.1 Å². The Morgan fingerprint density at radius 2 is 1.86 bits per heavy atom. The zero-order valence-electron chi connectivity index (χ0n) is 12.9. The van der Waals surface area contributed by atoms with E-state index in [1.807, 2.05) is 26.0 Å². The number of amides is 2. The molecule has 0 saturated carbocycles. The highest BCUT2D eigenvalue weighted by atomic mass is 16.4. The van der Waals surface area contributed by atoms with Gasteiger partial charge in [-0.2, -0.15) is 0 Å². The van der Waals surface area contributed by atoms with Crippen molar-refractivity contribution in [2.45, 2.75) is 46.1 Å². The molecule has 0 heterocycles. The predicted octanol–water partition coefficient (Wildman–Crippen LogP) is 3.36. The zero-order valence-corrected chi connectivity index (χ0v) is 12.9. The molecular formula is C16H24N2O3. The average Bonchev–Trinajstić information content (AvgIpc) is 2.47. The number of carbonyl (C=O) groups excluding carboxylic acids is 1. The molecule has 1 aromatic carbocycles. The molecule has 116 valence electrons. The lowest BCUT2D eigenvalue weighted by molar-refractivity contribution is -0.136. The smallest absolute Gasteiger partial charge is 0.322 e. The number of urea groups is 1. The monoisotopic (exact) mass is 292 g/mol. The second kappa shape index (κ2) is 8.29. The zero-order chi connectivity index (χ0) is 15.8. The standard InChI is InChI=1S/C16H24N2O3/c1-4-12(3)18(5-2)16(21)17-14-9-6-13(7-10-14)8-11-15(19)20/h6-7,9-10,12H,4-5,8,11H2,1-3H3,(H,17,21)(H,19,20). The molecule has 0 spiro atoms. The number of carboxylic acid groups (broad SMARTS) is 1. The van der Waals surface area contributed by atoms with Crippen LogP contribution in [0.5, 0.6) is 0 Å². The van der Waals surface area contributed by atoms with Crippen LogP contribution in [-0.2, 0) is 11.2 Å². The van der Waals surface area contributed by atoms with Gasteiger partial charge in [0.2, 0.25) is 0 Å². The highest BCUT2D eigenvalue weighted by molar-refractivity contribution is 5.89. The SMILES string of the molecule is CCC(C)N(CC)C(=O)Nc1ccc(CCC(=O)O)cc1. The summed E-state index contributed by atoms with van der Waals surface area (Å²) in [6.07, 6.45) is 1.52. The van der Waals surface area contributed by atoms with Gasteiger partial charge >= 0.3 is 12.0 Å². The van der Waals surface area contributed by atoms with Crippen molar-refractivity contribution in [3.05, 3.63) is 29.8 Å². The van der Waals surface area contributed by atoms with E-state index in [-0.39, 0.29) is 18.5 Å². The molecule has 5 heteroatoms. The average molecular weight is 292 g/mol. The van der Waals surface area contributed by atoms with Gasteiger partial charge < -0.3 is 15.3 Å². The third kappa shape index (κ3) is 5.45. The van der Waals surface area contributed by atoms with Crippen LogP contribution in [0.25, 0.3) is 0 Å². The highest BCUT2D eigenvalue weighted by Crippen LogP contribution is 2.13. The number of hydrogen-bond acceptors (Lipinski definition) is 2. The van der Waals surface area contributed by atoms with Crippen LogP contribution in [0, 0.1) is 0 Å². The quantitative estimate of drug-likeness (QED) is 0.809. The van der Waals surface area contributed by atoms with Gasteiger partial charge in [0.05, 0.1) is 0 Å². The van der Waals surface area contributed by atoms with Gasteiger partial charge in [0.25, 0.3) is 0 Å². The number of nitrogens with zero attached hydrogens (tertiary/aromatic N) is 1. The molecule has 0 aliphatic carbocycles. The van der Waals surface area contributed by atoms with E-state index in [2.05, 4.69) is 12.2 Å². The van der Waals surface area contributed by atoms with Crippen molar-refractivity contribution >= 4 is 17.7 Å². The summed E-state index contributed by atoms with van der Waals surface area (Å²) in [4.78, 5) is 24.5. The van der Waals surface area contributed by atoms with Crippen LogP contribution in [0.2, 0.25) is 0 Å². The Labute approximate surface area is 126 Å². The van der Waals surface area contributed by atoms with Crippen LogP contribution in [0.3, 0.4) is 0 Å². The van der Waals surface area contributed by atoms with Crippen molar-refractivity contribution in [1.29, 1.82) is 0 Å². The van der Waals surface area contributed by atoms with Gasteiger partial charge in [-0.05, 0) is 44.4 Å². The first kappa shape index (κ1) is 17.0. The van der Waals surface area contributed by atoms with Crippen molar-refractivity contribution in [2.75, 3.05) is 11.9 Å². The van der Waals surface area contributed by atoms with Gasteiger partial charge in [0.1, 0.15) is 0 Å². The number of carboxylic acids is 1. The minimum atomic E-state index is -0.806. The summed E-state index contributed by atoms with van der Waals surface area (Å²) in [5.74, 6) is -0.806. The van der Waals surface area contributed by atoms with Crippen molar-refractivity contribution in [3.63, 3.8) is 0 Å². The predicted molar refractivity (Wildman–Crippen MR) is 83.6 cm³/mol. The highest BCUT2D eigenvalue weighted by Gasteiger charge is 2.16. The van der Waals surface area contributed by atoms with Crippen molar-refractivity contribution < 1.29 is 14.7 Å². The third-order valence-electron chi connectivity index (χ3n) is 3.56. The fourth-order valence-electron chi connectivity index (χ4n) is 2.08. The summed E-state index contributed by atoms with van der Waals surface area (Å²) in [7, 11) is 0. The molecule has 0 aliphatic rings. The number of nitrogens with one attached hydrogen (secondary N) is 1. The fourth-order valence-corrected chi connectivity index (χ4v) is 2.08. The van der Waals surface area contributed by atoms with Gasteiger partial charge in [-0.15, -0.1) is 0 Å². The number of aliphatic carboxylic acids is 1. The molecule has 2 N–H and O–H groups in total. The molecule has 1 aromatic rings. The Morgan fingerprint density at radius 1 is 1.24 bits per heavy atom. The lowest BCUT2D eigenvalue weighted by Crippen LogP contribution is -2.40. The Kier molecular flexibility index (Phi) is 6.72. The molecule has 0 saturated heterocycles. The Morgan fingerprint density at radius 3 is 2.33 bits per heavy atom. The van der Waals surface area contributed by atoms with E-state index >= 15 is 0 Å². The topological polar surface area (TPSA) is 69.6 Å². The van der Waals surface area contributed by atoms with E-state index < -0.39 is 5.97 Å². The summed E-state index contributed by atoms with van der Waals surface area (Å²) >= 11 is 0. The first-order chi connectivity index (χ1) is 9.97. The maximum atomic E-state index is 12.2. The summed E-state index contributed by atoms with van der Waals surface area (Å²) in [5.41, 5.74) is 1.67. The molecule has 21 heavy (non-hydrogen) atoms. The largest absolute Gasteiger partial charge is 0.481 e. The first-order valence-corrected chi connectivity index (χ1v) is 7.36. The molecule has 5 nitrogen and oxygen atoms in total. The molecular weight excluding hydrogens is 268 g/mol. The van der Waals surface area contributed by atoms with Crippen LogP contribution in [0.15, 0.2) is 24.3 Å². The van der Waals surface area contributed by atoms with Crippen LogP contribution in [-0.4, -0.2) is 34.6 Å². The van der Waals surface area contributed by atoms with Gasteiger partial charge in [-0.3, -0.25) is 4.79 Å². The number of aryl methyl sites for hydroxylation is 1. The minimum Gasteiger partial charge on any atom is -0.481 e. The van der Waals surface area contributed by atoms with Crippen molar-refractivity contribution in [2.24, 2.45) is 0 Å². The van der Waals surface area contributed by atoms with Crippen LogP contribution >= 0.6 is 0 Å². The maximum Gasteiger partial charge on any atom is 0.322 e. The fraction of sp³-hybridized carbons (Fsp3) is 0.500. The normalized spacial score (nSPS) is 11.8. The number of anilines is 1. The second-order valence-electron chi connectivity index (χ2n) is 5.06. The van der Waals surface area contributed by atoms with Crippen molar-refractivity contribution in [1.82, 2.24) is 4.90 Å². The number of hydrogen-bond donors (Lipinski definition) is 2. The Bertz CT molecular complexity index is 471. The maximum absolute atomic E-state index is 12.2. The van der Waals surface area contributed by atoms with Crippen LogP contribution in [0.4, 0.5) is 10.5 Å². The lowest BCUT2D eigenvalue weighted by Gasteiger charge is -2.27. The second-order valence-corrected chi connectivity index (χ2v) is 5.06. The molecule has 1 rings (SSSR count). The Balaban J connectivity index is 2.62. The summed E-state index contributed by atoms with van der Waals surface area (Å²) in [6.45, 7) is 6.70. The van der Waals surface area contributed by atoms with E-state index in [1.54, 1.807) is 17.0 Å². The Hall–Kier alpha value is -2.04. The van der Waals surface area contributed by atoms with E-state index in [1.165, 1.54) is 0 Å². The number of carbonyl (C=O) groups is 2. The summed E-state index contributed by atoms with van der Waals surface area (Å²) < 4.78 is 0. The molecule has 2 amide bonds. The van der Waals surface area contributed by atoms with E-state index in [0.717, 1.165) is 17.7 Å². The van der Waals surface area contributed by atoms with E-state index in [4.69, 9.17) is 5.11 Å². The first-order valence-electron chi connectivity index (χ1n) is 7.36. The molecule has 0 radical (unpaired) electrons. The van der Waals surface area contributed by atoms with Crippen LogP contribution in [0.1, 0.15) is 39.2 Å². The minimum absolute atomic E-state index is 0.106. The molecule has 1 atom stereocenters. The van der Waals surface area contributed by atoms with E-state index in [9.17, 15) is 9.59 Å². The third-order valence-corrected chi connectivity index (χ3v) is 3.56. The van der Waals surface area contributed by atoms with Gasteiger partial charge in [0, 0.05) is 24.7 Å². The van der Waals surface area contributed by atoms with E-state index in [0.29, 0.717) is 13.0 Å². The van der Waals surface area contributed by atoms with Crippen LogP contribution < -0.4 is 5.32 Å². The molecule has 0 bridgehead atoms. The van der Waals surface area contributed by atoms with Gasteiger partial charge in [0.15, 0.2) is 0 Å². The summed E-state index contributed by atoms with van der Waals surface area (Å²) in [5, 5.41) is 11.5. The van der Waals surface area contributed by atoms with Crippen molar-refractivity contribution in [3.8, 4) is 0 Å². The lowest BCUT2D eigenvalue weighted by atomic mass is 10.1. The molecule has 0 aromatic heterocycles. The number of rotatable bonds is 7. The molecule has 0 fully saturated rings. The number of benzene rings is 1. The van der Waals surface area contributed by atoms with Gasteiger partial charge in [-0.25, -0.2) is 4.79 Å². The molecule has 0 aliphatic heterocycles. The summed E-state index contributed by atoms with van der Waals surface area (Å²) in [6, 6.07) is 7.39.